The molecule has 4 rings (SSSR count). The first-order valence-electron chi connectivity index (χ1n) is 9.87. The van der Waals surface area contributed by atoms with Crippen LogP contribution in [0.1, 0.15) is 29.8 Å². The van der Waals surface area contributed by atoms with E-state index in [-0.39, 0.29) is 10.8 Å². The molecule has 5 nitrogen and oxygen atoms in total. The summed E-state index contributed by atoms with van der Waals surface area (Å²) < 4.78 is 25.6. The van der Waals surface area contributed by atoms with Crippen molar-refractivity contribution in [3.8, 4) is 10.6 Å². The summed E-state index contributed by atoms with van der Waals surface area (Å²) in [7, 11) is -3.36. The van der Waals surface area contributed by atoms with Crippen molar-refractivity contribution in [2.24, 2.45) is 0 Å². The molecule has 0 fully saturated rings. The highest BCUT2D eigenvalue weighted by Gasteiger charge is 2.19. The summed E-state index contributed by atoms with van der Waals surface area (Å²) in [5, 5.41) is 3.27. The highest BCUT2D eigenvalue weighted by Crippen LogP contribution is 2.31. The fourth-order valence-corrected chi connectivity index (χ4v) is 5.25. The van der Waals surface area contributed by atoms with Crippen LogP contribution in [-0.2, 0) is 9.84 Å². The molecule has 1 amide bonds. The minimum absolute atomic E-state index is 0.217. The molecule has 0 unspecified atom stereocenters. The van der Waals surface area contributed by atoms with E-state index in [1.807, 2.05) is 30.3 Å². The van der Waals surface area contributed by atoms with Gasteiger partial charge in [0.05, 0.1) is 20.4 Å². The lowest BCUT2D eigenvalue weighted by Gasteiger charge is -2.09. The molecule has 0 radical (unpaired) electrons. The number of nitrogens with one attached hydrogen (secondary N) is 1. The van der Waals surface area contributed by atoms with E-state index in [2.05, 4.69) is 29.4 Å². The van der Waals surface area contributed by atoms with Crippen LogP contribution in [-0.4, -0.2) is 24.6 Å². The van der Waals surface area contributed by atoms with Gasteiger partial charge < -0.3 is 5.32 Å². The Morgan fingerprint density at radius 2 is 1.65 bits per heavy atom. The van der Waals surface area contributed by atoms with Gasteiger partial charge in [0.1, 0.15) is 5.01 Å². The second-order valence-corrected chi connectivity index (χ2v) is 11.2. The maximum absolute atomic E-state index is 12.5. The Kier molecular flexibility index (Phi) is 5.64. The van der Waals surface area contributed by atoms with Crippen molar-refractivity contribution in [3.63, 3.8) is 0 Å². The third kappa shape index (κ3) is 4.38. The zero-order valence-electron chi connectivity index (χ0n) is 17.4. The Hall–Kier alpha value is -3.03. The van der Waals surface area contributed by atoms with Crippen LogP contribution in [0.15, 0.2) is 71.6 Å². The number of thiazole rings is 1. The number of amides is 1. The summed E-state index contributed by atoms with van der Waals surface area (Å²) in [6, 6.07) is 19.7. The predicted molar refractivity (Wildman–Crippen MR) is 127 cm³/mol. The van der Waals surface area contributed by atoms with E-state index in [1.54, 1.807) is 25.2 Å². The number of aryl methyl sites for hydroxylation is 1. The van der Waals surface area contributed by atoms with Crippen LogP contribution >= 0.6 is 11.3 Å². The number of benzene rings is 3. The van der Waals surface area contributed by atoms with E-state index in [4.69, 9.17) is 0 Å². The minimum atomic E-state index is -3.36. The number of fused-ring (bicyclic) bond motifs is 1. The molecule has 0 spiro atoms. The number of hydrogen-bond acceptors (Lipinski definition) is 5. The second-order valence-electron chi connectivity index (χ2n) is 7.64. The van der Waals surface area contributed by atoms with Crippen LogP contribution in [0.4, 0.5) is 5.69 Å². The lowest BCUT2D eigenvalue weighted by Crippen LogP contribution is -2.15. The maximum Gasteiger partial charge on any atom is 0.255 e. The molecule has 0 aliphatic heterocycles. The van der Waals surface area contributed by atoms with E-state index in [9.17, 15) is 13.2 Å². The summed E-state index contributed by atoms with van der Waals surface area (Å²) in [6.07, 6.45) is 0. The van der Waals surface area contributed by atoms with Crippen molar-refractivity contribution in [1.29, 1.82) is 0 Å². The number of aromatic nitrogens is 1. The molecular formula is C24H22N2O3S2. The third-order valence-electron chi connectivity index (χ3n) is 5.00. The van der Waals surface area contributed by atoms with Crippen LogP contribution in [0.25, 0.3) is 20.8 Å². The zero-order chi connectivity index (χ0) is 22.2. The quantitative estimate of drug-likeness (QED) is 0.423. The molecule has 0 saturated heterocycles. The molecule has 1 N–H and O–H groups in total. The van der Waals surface area contributed by atoms with Gasteiger partial charge >= 0.3 is 0 Å². The van der Waals surface area contributed by atoms with E-state index in [0.29, 0.717) is 11.3 Å². The smallest absolute Gasteiger partial charge is 0.255 e. The number of anilines is 1. The van der Waals surface area contributed by atoms with Gasteiger partial charge in [-0.3, -0.25) is 4.79 Å². The summed E-state index contributed by atoms with van der Waals surface area (Å²) in [4.78, 5) is 17.4. The van der Waals surface area contributed by atoms with E-state index >= 15 is 0 Å². The summed E-state index contributed by atoms with van der Waals surface area (Å²) >= 11 is 1.64. The zero-order valence-corrected chi connectivity index (χ0v) is 19.0. The van der Waals surface area contributed by atoms with Crippen molar-refractivity contribution >= 4 is 43.0 Å². The van der Waals surface area contributed by atoms with Gasteiger partial charge in [-0.25, -0.2) is 13.4 Å². The first-order valence-corrected chi connectivity index (χ1v) is 12.2. The number of hydrogen-bond donors (Lipinski definition) is 1. The number of sulfone groups is 1. The highest BCUT2D eigenvalue weighted by molar-refractivity contribution is 7.92. The molecular weight excluding hydrogens is 428 g/mol. The van der Waals surface area contributed by atoms with Crippen molar-refractivity contribution in [1.82, 2.24) is 4.98 Å². The van der Waals surface area contributed by atoms with E-state index < -0.39 is 15.1 Å². The van der Waals surface area contributed by atoms with Crippen LogP contribution < -0.4 is 5.32 Å². The summed E-state index contributed by atoms with van der Waals surface area (Å²) in [5.74, 6) is -0.295. The number of carbonyl (C=O) groups excluding carboxylic acids is 1. The number of rotatable bonds is 5. The van der Waals surface area contributed by atoms with Crippen LogP contribution in [0.2, 0.25) is 0 Å². The largest absolute Gasteiger partial charge is 0.322 e. The fraction of sp³-hybridized carbons (Fsp3) is 0.167. The SMILES string of the molecule is Cc1ccc2nc(-c3ccc(NC(=O)c4ccc(S(=O)(=O)C(C)C)cc4)cc3)sc2c1. The van der Waals surface area contributed by atoms with Crippen molar-refractivity contribution in [2.45, 2.75) is 30.9 Å². The Labute approximate surface area is 185 Å². The average molecular weight is 451 g/mol. The molecule has 3 aromatic carbocycles. The predicted octanol–water partition coefficient (Wildman–Crippen LogP) is 5.71. The summed E-state index contributed by atoms with van der Waals surface area (Å²) in [6.45, 7) is 5.33. The van der Waals surface area contributed by atoms with Crippen LogP contribution in [0, 0.1) is 6.92 Å². The topological polar surface area (TPSA) is 76.1 Å². The Bertz CT molecular complexity index is 1350. The van der Waals surface area contributed by atoms with Gasteiger partial charge in [0.25, 0.3) is 5.91 Å². The molecule has 1 aromatic heterocycles. The first kappa shape index (κ1) is 21.2. The normalized spacial score (nSPS) is 11.7. The molecule has 0 saturated carbocycles. The van der Waals surface area contributed by atoms with Crippen molar-refractivity contribution < 1.29 is 13.2 Å². The molecule has 0 bridgehead atoms. The highest BCUT2D eigenvalue weighted by atomic mass is 32.2. The van der Waals surface area contributed by atoms with Gasteiger partial charge in [-0.05, 0) is 87.0 Å². The molecule has 4 aromatic rings. The molecule has 0 atom stereocenters. The Morgan fingerprint density at radius 3 is 2.29 bits per heavy atom. The first-order chi connectivity index (χ1) is 14.7. The Balaban J connectivity index is 1.49. The van der Waals surface area contributed by atoms with Gasteiger partial charge in [0.15, 0.2) is 9.84 Å². The fourth-order valence-electron chi connectivity index (χ4n) is 3.12. The van der Waals surface area contributed by atoms with Gasteiger partial charge in [-0.2, -0.15) is 0 Å². The minimum Gasteiger partial charge on any atom is -0.322 e. The Morgan fingerprint density at radius 1 is 0.968 bits per heavy atom. The second kappa shape index (κ2) is 8.24. The van der Waals surface area contributed by atoms with Crippen molar-refractivity contribution in [2.75, 3.05) is 5.32 Å². The standard InChI is InChI=1S/C24H22N2O3S2/c1-15(2)31(28,29)20-11-7-17(8-12-20)23(27)25-19-9-5-18(6-10-19)24-26-21-13-4-16(3)14-22(21)30-24/h4-15H,1-3H3,(H,25,27). The van der Waals surface area contributed by atoms with Gasteiger partial charge in [0, 0.05) is 16.8 Å². The maximum atomic E-state index is 12.5. The molecule has 0 aliphatic rings. The monoisotopic (exact) mass is 450 g/mol. The van der Waals surface area contributed by atoms with Crippen LogP contribution in [0.3, 0.4) is 0 Å². The average Bonchev–Trinajstić information content (AvgIpc) is 3.17. The third-order valence-corrected chi connectivity index (χ3v) is 8.24. The number of carbonyl (C=O) groups is 1. The lowest BCUT2D eigenvalue weighted by molar-refractivity contribution is 0.102. The van der Waals surface area contributed by atoms with E-state index in [0.717, 1.165) is 20.8 Å². The van der Waals surface area contributed by atoms with Gasteiger partial charge in [-0.1, -0.05) is 6.07 Å². The number of nitrogens with zero attached hydrogens (tertiary/aromatic N) is 1. The molecule has 7 heteroatoms. The van der Waals surface area contributed by atoms with Gasteiger partial charge in [-0.15, -0.1) is 11.3 Å². The molecule has 31 heavy (non-hydrogen) atoms. The van der Waals surface area contributed by atoms with Crippen LogP contribution in [0.5, 0.6) is 0 Å². The molecule has 1 heterocycles. The summed E-state index contributed by atoms with van der Waals surface area (Å²) in [5.41, 5.74) is 4.22. The van der Waals surface area contributed by atoms with Crippen molar-refractivity contribution in [3.05, 3.63) is 77.9 Å². The molecule has 158 valence electrons. The lowest BCUT2D eigenvalue weighted by atomic mass is 10.2. The molecule has 0 aliphatic carbocycles. The van der Waals surface area contributed by atoms with E-state index in [1.165, 1.54) is 29.8 Å². The van der Waals surface area contributed by atoms with Gasteiger partial charge in [0.2, 0.25) is 0 Å².